The highest BCUT2D eigenvalue weighted by Crippen LogP contribution is 2.60. The Morgan fingerprint density at radius 3 is 2.18 bits per heavy atom. The lowest BCUT2D eigenvalue weighted by Gasteiger charge is -2.55. The standard InChI is InChI=1S/C20H29N3O5/c1-2-4-22-19(27)23-16(24)12-28-17(25)3-5-21-18(26)20-9-13-6-14(10-20)8-15(7-13)11-20/h2,13-15H,1,3-12H2,(H,21,26)(H2,22,23,24,27). The summed E-state index contributed by atoms with van der Waals surface area (Å²) in [5.74, 6) is 0.813. The first-order chi connectivity index (χ1) is 13.4. The van der Waals surface area contributed by atoms with E-state index in [4.69, 9.17) is 4.74 Å². The maximum Gasteiger partial charge on any atom is 0.321 e. The van der Waals surface area contributed by atoms with Gasteiger partial charge < -0.3 is 15.4 Å². The minimum absolute atomic E-state index is 0.00591. The van der Waals surface area contributed by atoms with Gasteiger partial charge in [0.15, 0.2) is 6.61 Å². The van der Waals surface area contributed by atoms with Crippen LogP contribution in [-0.4, -0.2) is 43.5 Å². The molecule has 8 heteroatoms. The highest BCUT2D eigenvalue weighted by molar-refractivity contribution is 5.95. The second-order valence-corrected chi connectivity index (χ2v) is 8.41. The lowest BCUT2D eigenvalue weighted by atomic mass is 9.49. The molecule has 4 amide bonds. The summed E-state index contributed by atoms with van der Waals surface area (Å²) >= 11 is 0. The molecule has 0 unspecified atom stereocenters. The highest BCUT2D eigenvalue weighted by Gasteiger charge is 2.54. The summed E-state index contributed by atoms with van der Waals surface area (Å²) < 4.78 is 4.84. The van der Waals surface area contributed by atoms with Crippen LogP contribution >= 0.6 is 0 Å². The third-order valence-electron chi connectivity index (χ3n) is 6.16. The molecule has 0 saturated heterocycles. The first-order valence-electron chi connectivity index (χ1n) is 10.0. The molecule has 0 heterocycles. The van der Waals surface area contributed by atoms with Gasteiger partial charge in [-0.15, -0.1) is 6.58 Å². The van der Waals surface area contributed by atoms with Gasteiger partial charge >= 0.3 is 12.0 Å². The van der Waals surface area contributed by atoms with Crippen LogP contribution in [0, 0.1) is 23.2 Å². The quantitative estimate of drug-likeness (QED) is 0.426. The molecular weight excluding hydrogens is 362 g/mol. The maximum absolute atomic E-state index is 12.8. The fraction of sp³-hybridized carbons (Fsp3) is 0.700. The molecule has 0 aliphatic heterocycles. The monoisotopic (exact) mass is 391 g/mol. The Balaban J connectivity index is 1.33. The number of nitrogens with one attached hydrogen (secondary N) is 3. The number of amides is 4. The van der Waals surface area contributed by atoms with Gasteiger partial charge in [0.2, 0.25) is 5.91 Å². The van der Waals surface area contributed by atoms with Gasteiger partial charge in [0.25, 0.3) is 5.91 Å². The van der Waals surface area contributed by atoms with Crippen molar-refractivity contribution in [1.29, 1.82) is 0 Å². The first-order valence-corrected chi connectivity index (χ1v) is 10.0. The summed E-state index contributed by atoms with van der Waals surface area (Å²) in [4.78, 5) is 47.3. The number of imide groups is 1. The second-order valence-electron chi connectivity index (χ2n) is 8.41. The van der Waals surface area contributed by atoms with Crippen LogP contribution in [-0.2, 0) is 19.1 Å². The van der Waals surface area contributed by atoms with Crippen molar-refractivity contribution in [2.24, 2.45) is 23.2 Å². The van der Waals surface area contributed by atoms with E-state index in [1.54, 1.807) is 0 Å². The van der Waals surface area contributed by atoms with Crippen molar-refractivity contribution in [1.82, 2.24) is 16.0 Å². The van der Waals surface area contributed by atoms with E-state index in [0.717, 1.165) is 19.3 Å². The Kier molecular flexibility index (Phi) is 6.36. The van der Waals surface area contributed by atoms with Crippen LogP contribution in [0.4, 0.5) is 4.79 Å². The van der Waals surface area contributed by atoms with Crippen molar-refractivity contribution in [3.05, 3.63) is 12.7 Å². The Morgan fingerprint density at radius 2 is 1.61 bits per heavy atom. The Hall–Kier alpha value is -2.38. The number of hydrogen-bond donors (Lipinski definition) is 3. The number of urea groups is 1. The SMILES string of the molecule is C=CCNC(=O)NC(=O)COC(=O)CCNC(=O)C12CC3CC(CC(C3)C1)C2. The van der Waals surface area contributed by atoms with Gasteiger partial charge in [0.05, 0.1) is 6.42 Å². The van der Waals surface area contributed by atoms with Crippen LogP contribution in [0.1, 0.15) is 44.9 Å². The third kappa shape index (κ3) is 4.91. The lowest BCUT2D eigenvalue weighted by Crippen LogP contribution is -2.53. The average Bonchev–Trinajstić information content (AvgIpc) is 2.63. The minimum Gasteiger partial charge on any atom is -0.456 e. The molecule has 0 aromatic carbocycles. The summed E-state index contributed by atoms with van der Waals surface area (Å²) in [5, 5.41) is 7.31. The molecular formula is C20H29N3O5. The van der Waals surface area contributed by atoms with Gasteiger partial charge in [-0.25, -0.2) is 4.79 Å². The number of ether oxygens (including phenoxy) is 1. The van der Waals surface area contributed by atoms with Crippen LogP contribution < -0.4 is 16.0 Å². The number of rotatable bonds is 8. The van der Waals surface area contributed by atoms with Crippen LogP contribution in [0.2, 0.25) is 0 Å². The molecule has 8 nitrogen and oxygen atoms in total. The van der Waals surface area contributed by atoms with E-state index < -0.39 is 24.5 Å². The van der Waals surface area contributed by atoms with Crippen molar-refractivity contribution in [2.75, 3.05) is 19.7 Å². The smallest absolute Gasteiger partial charge is 0.321 e. The molecule has 4 aliphatic rings. The molecule has 0 radical (unpaired) electrons. The van der Waals surface area contributed by atoms with E-state index in [0.29, 0.717) is 17.8 Å². The van der Waals surface area contributed by atoms with Crippen LogP contribution in [0.5, 0.6) is 0 Å². The molecule has 4 fully saturated rings. The molecule has 3 N–H and O–H groups in total. The van der Waals surface area contributed by atoms with Crippen LogP contribution in [0.15, 0.2) is 12.7 Å². The van der Waals surface area contributed by atoms with Gasteiger partial charge in [-0.05, 0) is 56.3 Å². The molecule has 0 spiro atoms. The molecule has 0 atom stereocenters. The topological polar surface area (TPSA) is 114 Å². The fourth-order valence-corrected chi connectivity index (χ4v) is 5.44. The van der Waals surface area contributed by atoms with Crippen molar-refractivity contribution in [2.45, 2.75) is 44.9 Å². The number of carbonyl (C=O) groups excluding carboxylic acids is 4. The zero-order chi connectivity index (χ0) is 20.1. The summed E-state index contributed by atoms with van der Waals surface area (Å²) in [6, 6.07) is -0.677. The van der Waals surface area contributed by atoms with Crippen LogP contribution in [0.25, 0.3) is 0 Å². The Morgan fingerprint density at radius 1 is 1.00 bits per heavy atom. The second kappa shape index (κ2) is 8.75. The first kappa shape index (κ1) is 20.4. The predicted octanol–water partition coefficient (Wildman–Crippen LogP) is 1.26. The number of hydrogen-bond acceptors (Lipinski definition) is 5. The van der Waals surface area contributed by atoms with Crippen molar-refractivity contribution in [3.63, 3.8) is 0 Å². The summed E-state index contributed by atoms with van der Waals surface area (Å²) in [6.07, 6.45) is 8.21. The minimum atomic E-state index is -0.715. The van der Waals surface area contributed by atoms with E-state index in [9.17, 15) is 19.2 Å². The molecule has 4 saturated carbocycles. The van der Waals surface area contributed by atoms with Gasteiger partial charge in [-0.1, -0.05) is 6.08 Å². The van der Waals surface area contributed by atoms with Gasteiger partial charge in [-0.3, -0.25) is 19.7 Å². The summed E-state index contributed by atoms with van der Waals surface area (Å²) in [5.41, 5.74) is -0.239. The Labute approximate surface area is 164 Å². The summed E-state index contributed by atoms with van der Waals surface area (Å²) in [6.45, 7) is 3.32. The van der Waals surface area contributed by atoms with Crippen molar-refractivity contribution >= 4 is 23.8 Å². The Bertz CT molecular complexity index is 625. The van der Waals surface area contributed by atoms with Gasteiger partial charge in [0, 0.05) is 18.5 Å². The molecule has 4 bridgehead atoms. The van der Waals surface area contributed by atoms with Crippen molar-refractivity contribution in [3.8, 4) is 0 Å². The van der Waals surface area contributed by atoms with E-state index in [1.165, 1.54) is 25.3 Å². The van der Waals surface area contributed by atoms with Crippen LogP contribution in [0.3, 0.4) is 0 Å². The highest BCUT2D eigenvalue weighted by atomic mass is 16.5. The molecule has 28 heavy (non-hydrogen) atoms. The molecule has 4 rings (SSSR count). The van der Waals surface area contributed by atoms with Gasteiger partial charge in [-0.2, -0.15) is 0 Å². The molecule has 4 aliphatic carbocycles. The molecule has 0 aromatic rings. The van der Waals surface area contributed by atoms with E-state index in [-0.39, 0.29) is 30.8 Å². The molecule has 0 aromatic heterocycles. The van der Waals surface area contributed by atoms with E-state index in [2.05, 4.69) is 17.2 Å². The van der Waals surface area contributed by atoms with Crippen molar-refractivity contribution < 1.29 is 23.9 Å². The largest absolute Gasteiger partial charge is 0.456 e. The van der Waals surface area contributed by atoms with E-state index in [1.807, 2.05) is 5.32 Å². The fourth-order valence-electron chi connectivity index (χ4n) is 5.44. The zero-order valence-corrected chi connectivity index (χ0v) is 16.1. The zero-order valence-electron chi connectivity index (χ0n) is 16.1. The lowest BCUT2D eigenvalue weighted by molar-refractivity contribution is -0.149. The summed E-state index contributed by atoms with van der Waals surface area (Å²) in [7, 11) is 0. The van der Waals surface area contributed by atoms with E-state index >= 15 is 0 Å². The number of carbonyl (C=O) groups is 4. The predicted molar refractivity (Wildman–Crippen MR) is 101 cm³/mol. The normalized spacial score (nSPS) is 29.6. The number of esters is 1. The molecule has 154 valence electrons. The third-order valence-corrected chi connectivity index (χ3v) is 6.16. The maximum atomic E-state index is 12.8. The average molecular weight is 391 g/mol. The van der Waals surface area contributed by atoms with Gasteiger partial charge in [0.1, 0.15) is 0 Å².